The monoisotopic (exact) mass is 518 g/mol. The van der Waals surface area contributed by atoms with E-state index >= 15 is 0 Å². The quantitative estimate of drug-likeness (QED) is 0.390. The molecule has 0 saturated heterocycles. The van der Waals surface area contributed by atoms with Crippen LogP contribution >= 0.6 is 22.9 Å². The van der Waals surface area contributed by atoms with E-state index in [0.29, 0.717) is 61.6 Å². The number of halogens is 2. The third-order valence-corrected chi connectivity index (χ3v) is 7.94. The molecule has 2 aliphatic rings. The van der Waals surface area contributed by atoms with Gasteiger partial charge in [-0.05, 0) is 37.0 Å². The van der Waals surface area contributed by atoms with Crippen LogP contribution in [0.15, 0.2) is 18.2 Å². The van der Waals surface area contributed by atoms with Crippen LogP contribution in [0.4, 0.5) is 9.52 Å². The molecule has 0 bridgehead atoms. The van der Waals surface area contributed by atoms with Crippen LogP contribution in [0.3, 0.4) is 0 Å². The topological polar surface area (TPSA) is 87.3 Å². The summed E-state index contributed by atoms with van der Waals surface area (Å²) in [6.07, 6.45) is 3.18. The molecule has 2 aromatic heterocycles. The molecule has 2 N–H and O–H groups in total. The fourth-order valence-electron chi connectivity index (χ4n) is 4.33. The number of hydrogen-bond acceptors (Lipinski definition) is 6. The second-order valence-corrected chi connectivity index (χ2v) is 11.5. The number of aromatic amines is 1. The van der Waals surface area contributed by atoms with Crippen LogP contribution in [0.2, 0.25) is 5.02 Å². The standard InChI is InChI=1S/C25H28ClFN4O3S/c1-14(2)7-22(32)34-13-25(4-5-25)12-28-24-30-18-3-6-31(11-21(18)35-24)23(33)20-10-16-17(26)8-15(27)9-19(16)29-20/h8-10,14,29H,3-7,11-13H2,1-2H3,(H,28,30). The molecular weight excluding hydrogens is 491 g/mol. The summed E-state index contributed by atoms with van der Waals surface area (Å²) < 4.78 is 19.2. The van der Waals surface area contributed by atoms with Gasteiger partial charge < -0.3 is 19.9 Å². The summed E-state index contributed by atoms with van der Waals surface area (Å²) in [5.41, 5.74) is 1.90. The number of amides is 1. The molecule has 5 rings (SSSR count). The third kappa shape index (κ3) is 5.30. The average Bonchev–Trinajstić information content (AvgIpc) is 3.24. The molecule has 1 aromatic carbocycles. The van der Waals surface area contributed by atoms with Crippen molar-refractivity contribution in [3.8, 4) is 0 Å². The number of nitrogens with one attached hydrogen (secondary N) is 2. The first-order valence-corrected chi connectivity index (χ1v) is 13.1. The maximum Gasteiger partial charge on any atom is 0.306 e. The van der Waals surface area contributed by atoms with Crippen molar-refractivity contribution < 1.29 is 18.7 Å². The maximum atomic E-state index is 13.7. The zero-order valence-corrected chi connectivity index (χ0v) is 21.3. The number of carbonyl (C=O) groups excluding carboxylic acids is 2. The Hall–Kier alpha value is -2.65. The highest BCUT2D eigenvalue weighted by Gasteiger charge is 2.44. The van der Waals surface area contributed by atoms with Crippen LogP contribution in [0.25, 0.3) is 10.9 Å². The van der Waals surface area contributed by atoms with E-state index in [-0.39, 0.29) is 22.3 Å². The molecule has 1 fully saturated rings. The van der Waals surface area contributed by atoms with Gasteiger partial charge in [0.2, 0.25) is 0 Å². The number of nitrogens with zero attached hydrogens (tertiary/aromatic N) is 2. The number of hydrogen-bond donors (Lipinski definition) is 2. The first kappa shape index (κ1) is 24.1. The Balaban J connectivity index is 1.19. The van der Waals surface area contributed by atoms with Gasteiger partial charge in [-0.15, -0.1) is 0 Å². The first-order valence-electron chi connectivity index (χ1n) is 11.9. The number of ether oxygens (including phenoxy) is 1. The molecule has 186 valence electrons. The molecule has 0 atom stereocenters. The van der Waals surface area contributed by atoms with E-state index in [1.54, 1.807) is 22.3 Å². The van der Waals surface area contributed by atoms with Gasteiger partial charge in [-0.1, -0.05) is 36.8 Å². The van der Waals surface area contributed by atoms with Crippen LogP contribution in [-0.4, -0.2) is 46.4 Å². The number of rotatable bonds is 8. The van der Waals surface area contributed by atoms with Gasteiger partial charge in [0, 0.05) is 41.6 Å². The minimum Gasteiger partial charge on any atom is -0.465 e. The predicted octanol–water partition coefficient (Wildman–Crippen LogP) is 5.40. The van der Waals surface area contributed by atoms with Crippen molar-refractivity contribution in [1.29, 1.82) is 0 Å². The van der Waals surface area contributed by atoms with Gasteiger partial charge >= 0.3 is 5.97 Å². The molecule has 1 saturated carbocycles. The number of aromatic nitrogens is 2. The lowest BCUT2D eigenvalue weighted by atomic mass is 10.1. The highest BCUT2D eigenvalue weighted by Crippen LogP contribution is 2.46. The van der Waals surface area contributed by atoms with Crippen LogP contribution in [0.5, 0.6) is 0 Å². The second-order valence-electron chi connectivity index (χ2n) is 10.0. The highest BCUT2D eigenvalue weighted by atomic mass is 35.5. The zero-order chi connectivity index (χ0) is 24.7. The summed E-state index contributed by atoms with van der Waals surface area (Å²) >= 11 is 7.69. The van der Waals surface area contributed by atoms with Crippen molar-refractivity contribution in [3.63, 3.8) is 0 Å². The Bertz CT molecular complexity index is 1280. The first-order chi connectivity index (χ1) is 16.7. The fraction of sp³-hybridized carbons (Fsp3) is 0.480. The van der Waals surface area contributed by atoms with Crippen LogP contribution < -0.4 is 5.32 Å². The van der Waals surface area contributed by atoms with Gasteiger partial charge in [0.1, 0.15) is 11.5 Å². The Morgan fingerprint density at radius 1 is 1.34 bits per heavy atom. The lowest BCUT2D eigenvalue weighted by molar-refractivity contribution is -0.146. The number of thiazole rings is 1. The van der Waals surface area contributed by atoms with E-state index < -0.39 is 5.82 Å². The summed E-state index contributed by atoms with van der Waals surface area (Å²) in [5, 5.41) is 5.16. The smallest absolute Gasteiger partial charge is 0.306 e. The van der Waals surface area contributed by atoms with Crippen LogP contribution in [0, 0.1) is 17.2 Å². The molecule has 35 heavy (non-hydrogen) atoms. The molecule has 1 amide bonds. The molecule has 1 aliphatic carbocycles. The largest absolute Gasteiger partial charge is 0.465 e. The van der Waals surface area contributed by atoms with Crippen molar-refractivity contribution >= 4 is 50.8 Å². The van der Waals surface area contributed by atoms with Crippen molar-refractivity contribution in [3.05, 3.63) is 45.3 Å². The Morgan fingerprint density at radius 2 is 2.14 bits per heavy atom. The Labute approximate surface area is 212 Å². The number of carbonyl (C=O) groups is 2. The van der Waals surface area contributed by atoms with E-state index in [9.17, 15) is 14.0 Å². The predicted molar refractivity (Wildman–Crippen MR) is 134 cm³/mol. The van der Waals surface area contributed by atoms with E-state index in [0.717, 1.165) is 28.5 Å². The van der Waals surface area contributed by atoms with Crippen molar-refractivity contribution in [2.45, 2.75) is 46.1 Å². The Kier molecular flexibility index (Phi) is 6.48. The molecule has 1 aliphatic heterocycles. The number of anilines is 1. The fourth-order valence-corrected chi connectivity index (χ4v) is 5.61. The molecule has 0 spiro atoms. The van der Waals surface area contributed by atoms with Crippen molar-refractivity contribution in [2.75, 3.05) is 25.0 Å². The van der Waals surface area contributed by atoms with E-state index in [4.69, 9.17) is 21.3 Å². The van der Waals surface area contributed by atoms with Gasteiger partial charge in [0.25, 0.3) is 5.91 Å². The average molecular weight is 519 g/mol. The van der Waals surface area contributed by atoms with E-state index in [1.807, 2.05) is 13.8 Å². The van der Waals surface area contributed by atoms with Crippen LogP contribution in [0.1, 0.15) is 54.2 Å². The van der Waals surface area contributed by atoms with Crippen molar-refractivity contribution in [1.82, 2.24) is 14.9 Å². The number of fused-ring (bicyclic) bond motifs is 2. The number of esters is 1. The summed E-state index contributed by atoms with van der Waals surface area (Å²) in [6, 6.07) is 4.26. The Morgan fingerprint density at radius 3 is 2.89 bits per heavy atom. The highest BCUT2D eigenvalue weighted by molar-refractivity contribution is 7.15. The van der Waals surface area contributed by atoms with Gasteiger partial charge in [-0.3, -0.25) is 9.59 Å². The molecule has 0 unspecified atom stereocenters. The second kappa shape index (κ2) is 9.43. The normalized spacial score (nSPS) is 16.4. The van der Waals surface area contributed by atoms with Gasteiger partial charge in [-0.25, -0.2) is 9.37 Å². The minimum atomic E-state index is -0.447. The molecule has 3 heterocycles. The lowest BCUT2D eigenvalue weighted by Gasteiger charge is -2.25. The molecule has 7 nitrogen and oxygen atoms in total. The number of benzene rings is 1. The maximum absolute atomic E-state index is 13.7. The van der Waals surface area contributed by atoms with E-state index in [2.05, 4.69) is 10.3 Å². The van der Waals surface area contributed by atoms with E-state index in [1.165, 1.54) is 12.1 Å². The summed E-state index contributed by atoms with van der Waals surface area (Å²) in [6.45, 7) is 6.20. The lowest BCUT2D eigenvalue weighted by Crippen LogP contribution is -2.35. The summed E-state index contributed by atoms with van der Waals surface area (Å²) in [4.78, 5) is 35.6. The minimum absolute atomic E-state index is 0.00279. The van der Waals surface area contributed by atoms with Gasteiger partial charge in [0.15, 0.2) is 5.13 Å². The summed E-state index contributed by atoms with van der Waals surface area (Å²) in [5.74, 6) is -0.437. The number of H-pyrrole nitrogens is 1. The third-order valence-electron chi connectivity index (χ3n) is 6.59. The van der Waals surface area contributed by atoms with Crippen LogP contribution in [-0.2, 0) is 22.5 Å². The molecular formula is C25H28ClFN4O3S. The zero-order valence-electron chi connectivity index (χ0n) is 19.7. The SMILES string of the molecule is CC(C)CC(=O)OCC1(CNc2nc3c(s2)CN(C(=O)c2cc4c(Cl)cc(F)cc4[nH]2)CC3)CC1. The summed E-state index contributed by atoms with van der Waals surface area (Å²) in [7, 11) is 0. The van der Waals surface area contributed by atoms with Crippen molar-refractivity contribution in [2.24, 2.45) is 11.3 Å². The van der Waals surface area contributed by atoms with Gasteiger partial charge in [-0.2, -0.15) is 0 Å². The molecule has 3 aromatic rings. The molecule has 0 radical (unpaired) electrons. The molecule has 10 heteroatoms. The van der Waals surface area contributed by atoms with Gasteiger partial charge in [0.05, 0.1) is 29.4 Å².